The van der Waals surface area contributed by atoms with Gasteiger partial charge in [0.15, 0.2) is 0 Å². The molecule has 0 fully saturated rings. The zero-order valence-corrected chi connectivity index (χ0v) is 7.72. The molecule has 1 nitrogen and oxygen atoms in total. The van der Waals surface area contributed by atoms with Gasteiger partial charge in [-0.25, -0.2) is 0 Å². The van der Waals surface area contributed by atoms with Gasteiger partial charge in [0.1, 0.15) is 0 Å². The molecule has 1 atom stereocenters. The Hall–Kier alpha value is -0.390. The molecule has 0 aliphatic heterocycles. The molecule has 1 unspecified atom stereocenters. The lowest BCUT2D eigenvalue weighted by atomic mass is 10.2. The molecule has 10 heavy (non-hydrogen) atoms. The van der Waals surface area contributed by atoms with E-state index in [-0.39, 0.29) is 9.90 Å². The van der Waals surface area contributed by atoms with Gasteiger partial charge in [-0.2, -0.15) is 9.90 Å². The van der Waals surface area contributed by atoms with E-state index in [0.29, 0.717) is 6.54 Å². The molecule has 0 aromatic heterocycles. The SMILES string of the molecule is Cc1ccc(CN)cc1.P. The molecule has 1 aromatic carbocycles. The number of rotatable bonds is 1. The van der Waals surface area contributed by atoms with Crippen LogP contribution in [0.1, 0.15) is 11.1 Å². The van der Waals surface area contributed by atoms with Crippen molar-refractivity contribution in [2.45, 2.75) is 13.5 Å². The lowest BCUT2D eigenvalue weighted by molar-refractivity contribution is 1.07. The average Bonchev–Trinajstić information content (AvgIpc) is 1.90. The fourth-order valence-electron chi connectivity index (χ4n) is 0.724. The maximum atomic E-state index is 5.40. The van der Waals surface area contributed by atoms with Crippen molar-refractivity contribution in [2.75, 3.05) is 0 Å². The van der Waals surface area contributed by atoms with Crippen molar-refractivity contribution in [3.63, 3.8) is 0 Å². The summed E-state index contributed by atoms with van der Waals surface area (Å²) in [6.07, 6.45) is 0. The lowest BCUT2D eigenvalue weighted by Gasteiger charge is -1.94. The van der Waals surface area contributed by atoms with E-state index in [0.717, 1.165) is 0 Å². The quantitative estimate of drug-likeness (QED) is 0.611. The first-order chi connectivity index (χ1) is 4.33. The number of aryl methyl sites for hydroxylation is 1. The highest BCUT2D eigenvalue weighted by Crippen LogP contribution is 2.00. The van der Waals surface area contributed by atoms with Crippen LogP contribution in [0.5, 0.6) is 0 Å². The summed E-state index contributed by atoms with van der Waals surface area (Å²) in [5.41, 5.74) is 7.88. The fourth-order valence-corrected chi connectivity index (χ4v) is 0.724. The molecule has 0 radical (unpaired) electrons. The van der Waals surface area contributed by atoms with E-state index in [2.05, 4.69) is 31.2 Å². The number of benzene rings is 1. The zero-order valence-electron chi connectivity index (χ0n) is 6.30. The van der Waals surface area contributed by atoms with Crippen LogP contribution in [0.3, 0.4) is 0 Å². The maximum absolute atomic E-state index is 5.40. The van der Waals surface area contributed by atoms with E-state index in [9.17, 15) is 0 Å². The van der Waals surface area contributed by atoms with Gasteiger partial charge in [-0.05, 0) is 12.5 Å². The molecule has 0 saturated carbocycles. The van der Waals surface area contributed by atoms with Crippen molar-refractivity contribution in [1.29, 1.82) is 0 Å². The van der Waals surface area contributed by atoms with Gasteiger partial charge in [0.05, 0.1) is 0 Å². The van der Waals surface area contributed by atoms with Crippen molar-refractivity contribution in [3.8, 4) is 0 Å². The summed E-state index contributed by atoms with van der Waals surface area (Å²) in [6, 6.07) is 8.25. The molecule has 0 bridgehead atoms. The second-order valence-electron chi connectivity index (χ2n) is 2.19. The van der Waals surface area contributed by atoms with Gasteiger partial charge in [-0.15, -0.1) is 0 Å². The Morgan fingerprint density at radius 1 is 1.20 bits per heavy atom. The van der Waals surface area contributed by atoms with Crippen molar-refractivity contribution in [1.82, 2.24) is 0 Å². The number of nitrogens with two attached hydrogens (primary N) is 1. The van der Waals surface area contributed by atoms with E-state index >= 15 is 0 Å². The first-order valence-corrected chi connectivity index (χ1v) is 3.08. The van der Waals surface area contributed by atoms with Crippen molar-refractivity contribution in [2.24, 2.45) is 5.73 Å². The summed E-state index contributed by atoms with van der Waals surface area (Å²) in [5, 5.41) is 0. The predicted octanol–water partition coefficient (Wildman–Crippen LogP) is 1.51. The van der Waals surface area contributed by atoms with Crippen molar-refractivity contribution >= 4 is 9.90 Å². The van der Waals surface area contributed by atoms with E-state index < -0.39 is 0 Å². The Morgan fingerprint density at radius 2 is 1.70 bits per heavy atom. The second-order valence-corrected chi connectivity index (χ2v) is 2.19. The molecule has 1 aromatic rings. The summed E-state index contributed by atoms with van der Waals surface area (Å²) in [6.45, 7) is 2.71. The highest BCUT2D eigenvalue weighted by Gasteiger charge is 1.84. The summed E-state index contributed by atoms with van der Waals surface area (Å²) in [7, 11) is 0. The van der Waals surface area contributed by atoms with Gasteiger partial charge in [0, 0.05) is 6.54 Å². The van der Waals surface area contributed by atoms with Gasteiger partial charge in [-0.3, -0.25) is 0 Å². The molecule has 0 heterocycles. The Labute approximate surface area is 65.3 Å². The normalized spacial score (nSPS) is 8.60. The molecular formula is C8H14NP. The summed E-state index contributed by atoms with van der Waals surface area (Å²) in [4.78, 5) is 0. The topological polar surface area (TPSA) is 26.0 Å². The van der Waals surface area contributed by atoms with Crippen LogP contribution in [0.2, 0.25) is 0 Å². The monoisotopic (exact) mass is 155 g/mol. The van der Waals surface area contributed by atoms with Crippen LogP contribution in [0, 0.1) is 6.92 Å². The van der Waals surface area contributed by atoms with Crippen molar-refractivity contribution in [3.05, 3.63) is 35.4 Å². The molecule has 0 spiro atoms. The minimum Gasteiger partial charge on any atom is -0.326 e. The summed E-state index contributed by atoms with van der Waals surface area (Å²) in [5.74, 6) is 0. The van der Waals surface area contributed by atoms with E-state index in [1.165, 1.54) is 11.1 Å². The molecule has 2 heteroatoms. The molecule has 0 amide bonds. The van der Waals surface area contributed by atoms with Crippen LogP contribution in [-0.4, -0.2) is 0 Å². The van der Waals surface area contributed by atoms with Crippen LogP contribution < -0.4 is 5.73 Å². The smallest absolute Gasteiger partial charge is 0.0178 e. The summed E-state index contributed by atoms with van der Waals surface area (Å²) < 4.78 is 0. The predicted molar refractivity (Wildman–Crippen MR) is 50.2 cm³/mol. The number of hydrogen-bond acceptors (Lipinski definition) is 1. The van der Waals surface area contributed by atoms with E-state index in [4.69, 9.17) is 5.73 Å². The Bertz CT molecular complexity index is 181. The third-order valence-electron chi connectivity index (χ3n) is 1.36. The molecule has 2 N–H and O–H groups in total. The molecule has 0 aliphatic rings. The number of hydrogen-bond donors (Lipinski definition) is 1. The Balaban J connectivity index is 0.000000810. The first kappa shape index (κ1) is 9.61. The standard InChI is InChI=1S/C8H11N.H3P/c1-7-2-4-8(6-9)5-3-7;/h2-5H,6,9H2,1H3;1H3. The molecule has 0 aliphatic carbocycles. The fraction of sp³-hybridized carbons (Fsp3) is 0.250. The first-order valence-electron chi connectivity index (χ1n) is 3.08. The maximum Gasteiger partial charge on any atom is 0.0178 e. The van der Waals surface area contributed by atoms with Gasteiger partial charge >= 0.3 is 0 Å². The second kappa shape index (κ2) is 4.43. The van der Waals surface area contributed by atoms with Crippen LogP contribution >= 0.6 is 9.90 Å². The van der Waals surface area contributed by atoms with E-state index in [1.807, 2.05) is 0 Å². The van der Waals surface area contributed by atoms with Gasteiger partial charge in [0.2, 0.25) is 0 Å². The minimum absolute atomic E-state index is 0. The third kappa shape index (κ3) is 2.47. The van der Waals surface area contributed by atoms with Gasteiger partial charge in [0.25, 0.3) is 0 Å². The van der Waals surface area contributed by atoms with Crippen LogP contribution in [0.25, 0.3) is 0 Å². The van der Waals surface area contributed by atoms with Gasteiger partial charge < -0.3 is 5.73 Å². The average molecular weight is 155 g/mol. The zero-order chi connectivity index (χ0) is 6.69. The third-order valence-corrected chi connectivity index (χ3v) is 1.36. The molecule has 56 valence electrons. The molecule has 0 saturated heterocycles. The van der Waals surface area contributed by atoms with E-state index in [1.54, 1.807) is 0 Å². The van der Waals surface area contributed by atoms with Crippen LogP contribution in [0.15, 0.2) is 24.3 Å². The molecular weight excluding hydrogens is 141 g/mol. The van der Waals surface area contributed by atoms with Gasteiger partial charge in [-0.1, -0.05) is 29.8 Å². The summed E-state index contributed by atoms with van der Waals surface area (Å²) >= 11 is 0. The minimum atomic E-state index is 0. The lowest BCUT2D eigenvalue weighted by Crippen LogP contribution is -1.94. The van der Waals surface area contributed by atoms with Crippen molar-refractivity contribution < 1.29 is 0 Å². The largest absolute Gasteiger partial charge is 0.326 e. The molecule has 1 rings (SSSR count). The van der Waals surface area contributed by atoms with Crippen LogP contribution in [0.4, 0.5) is 0 Å². The Morgan fingerprint density at radius 3 is 2.10 bits per heavy atom. The highest BCUT2D eigenvalue weighted by molar-refractivity contribution is 6.92. The Kier molecular flexibility index (Phi) is 4.26. The van der Waals surface area contributed by atoms with Crippen LogP contribution in [-0.2, 0) is 6.54 Å². The highest BCUT2D eigenvalue weighted by atomic mass is 31.0.